The number of nitrogens with one attached hydrogen (secondary N) is 1. The number of piperazine rings is 1. The molecule has 2 amide bonds. The fourth-order valence-corrected chi connectivity index (χ4v) is 2.83. The van der Waals surface area contributed by atoms with E-state index in [1.165, 1.54) is 6.92 Å². The fourth-order valence-electron chi connectivity index (χ4n) is 2.83. The van der Waals surface area contributed by atoms with Crippen LogP contribution in [0.4, 0.5) is 0 Å². The minimum Gasteiger partial charge on any atom is -0.451 e. The average Bonchev–Trinajstić information content (AvgIpc) is 2.66. The molecule has 0 aliphatic carbocycles. The Morgan fingerprint density at radius 2 is 1.69 bits per heavy atom. The van der Waals surface area contributed by atoms with E-state index in [0.29, 0.717) is 37.0 Å². The van der Waals surface area contributed by atoms with Crippen LogP contribution in [0.3, 0.4) is 0 Å². The molecular weight excluding hydrogens is 340 g/mol. The number of aromatic nitrogens is 2. The number of rotatable bonds is 3. The number of H-pyrrole nitrogens is 1. The lowest BCUT2D eigenvalue weighted by Gasteiger charge is -2.34. The van der Waals surface area contributed by atoms with Crippen LogP contribution in [0.5, 0.6) is 0 Å². The fraction of sp³-hybridized carbons (Fsp3) is 0.353. The Balaban J connectivity index is 1.63. The molecule has 26 heavy (non-hydrogen) atoms. The van der Waals surface area contributed by atoms with E-state index in [-0.39, 0.29) is 17.5 Å². The van der Waals surface area contributed by atoms with Crippen molar-refractivity contribution < 1.29 is 19.1 Å². The summed E-state index contributed by atoms with van der Waals surface area (Å²) in [7, 11) is 0. The predicted molar refractivity (Wildman–Crippen MR) is 91.5 cm³/mol. The minimum atomic E-state index is -0.784. The second-order valence-electron chi connectivity index (χ2n) is 5.91. The Labute approximate surface area is 148 Å². The third kappa shape index (κ3) is 3.56. The van der Waals surface area contributed by atoms with Crippen molar-refractivity contribution in [2.75, 3.05) is 32.8 Å². The normalized spacial score (nSPS) is 14.3. The molecule has 1 aliphatic heterocycles. The molecule has 1 fully saturated rings. The number of amides is 2. The SMILES string of the molecule is CC(=O)N1CCN(C(=O)COC(=O)c2n[nH]c(=O)c3ccccc23)CC1. The summed E-state index contributed by atoms with van der Waals surface area (Å²) in [5.41, 5.74) is -0.453. The van der Waals surface area contributed by atoms with Gasteiger partial charge in [0.05, 0.1) is 5.39 Å². The molecule has 3 rings (SSSR count). The molecule has 2 aromatic rings. The highest BCUT2D eigenvalue weighted by molar-refractivity contribution is 6.02. The van der Waals surface area contributed by atoms with Crippen LogP contribution in [0.1, 0.15) is 17.4 Å². The summed E-state index contributed by atoms with van der Waals surface area (Å²) in [6, 6.07) is 6.53. The molecule has 2 heterocycles. The summed E-state index contributed by atoms with van der Waals surface area (Å²) in [5, 5.41) is 6.68. The van der Waals surface area contributed by atoms with Crippen molar-refractivity contribution in [3.05, 3.63) is 40.3 Å². The maximum Gasteiger partial charge on any atom is 0.359 e. The van der Waals surface area contributed by atoms with Gasteiger partial charge in [-0.2, -0.15) is 5.10 Å². The van der Waals surface area contributed by atoms with E-state index in [0.717, 1.165) is 0 Å². The van der Waals surface area contributed by atoms with Crippen molar-refractivity contribution in [2.45, 2.75) is 6.92 Å². The number of esters is 1. The lowest BCUT2D eigenvalue weighted by atomic mass is 10.1. The zero-order chi connectivity index (χ0) is 18.7. The first-order valence-electron chi connectivity index (χ1n) is 8.15. The van der Waals surface area contributed by atoms with Gasteiger partial charge in [0, 0.05) is 38.5 Å². The molecule has 136 valence electrons. The third-order valence-electron chi connectivity index (χ3n) is 4.29. The van der Waals surface area contributed by atoms with Crippen LogP contribution in [0.25, 0.3) is 10.8 Å². The van der Waals surface area contributed by atoms with Crippen molar-refractivity contribution in [1.82, 2.24) is 20.0 Å². The highest BCUT2D eigenvalue weighted by Crippen LogP contribution is 2.13. The zero-order valence-corrected chi connectivity index (χ0v) is 14.2. The molecule has 9 nitrogen and oxygen atoms in total. The Hall–Kier alpha value is -3.23. The van der Waals surface area contributed by atoms with Crippen LogP contribution in [-0.2, 0) is 14.3 Å². The molecule has 0 unspecified atom stereocenters. The molecule has 1 N–H and O–H groups in total. The third-order valence-corrected chi connectivity index (χ3v) is 4.29. The lowest BCUT2D eigenvalue weighted by molar-refractivity contribution is -0.140. The van der Waals surface area contributed by atoms with Crippen LogP contribution >= 0.6 is 0 Å². The zero-order valence-electron chi connectivity index (χ0n) is 14.2. The Kier molecular flexibility index (Phi) is 4.97. The first-order valence-corrected chi connectivity index (χ1v) is 8.15. The molecule has 9 heteroatoms. The van der Waals surface area contributed by atoms with Gasteiger partial charge in [-0.15, -0.1) is 0 Å². The number of carbonyl (C=O) groups excluding carboxylic acids is 3. The van der Waals surface area contributed by atoms with Gasteiger partial charge in [0.2, 0.25) is 5.91 Å². The molecule has 1 saturated heterocycles. The van der Waals surface area contributed by atoms with Gasteiger partial charge in [-0.3, -0.25) is 14.4 Å². The van der Waals surface area contributed by atoms with Gasteiger partial charge in [-0.25, -0.2) is 9.89 Å². The smallest absolute Gasteiger partial charge is 0.359 e. The van der Waals surface area contributed by atoms with Crippen molar-refractivity contribution in [3.8, 4) is 0 Å². The summed E-state index contributed by atoms with van der Waals surface area (Å²) in [6.07, 6.45) is 0. The maximum absolute atomic E-state index is 12.3. The molecule has 1 aliphatic rings. The monoisotopic (exact) mass is 358 g/mol. The van der Waals surface area contributed by atoms with Crippen LogP contribution in [0.2, 0.25) is 0 Å². The number of carbonyl (C=O) groups is 3. The number of hydrogen-bond donors (Lipinski definition) is 1. The van der Waals surface area contributed by atoms with Crippen LogP contribution < -0.4 is 5.56 Å². The summed E-state index contributed by atoms with van der Waals surface area (Å²) >= 11 is 0. The van der Waals surface area contributed by atoms with Gasteiger partial charge in [-0.05, 0) is 6.07 Å². The van der Waals surface area contributed by atoms with Gasteiger partial charge in [-0.1, -0.05) is 18.2 Å². The second kappa shape index (κ2) is 7.34. The van der Waals surface area contributed by atoms with Gasteiger partial charge >= 0.3 is 5.97 Å². The summed E-state index contributed by atoms with van der Waals surface area (Å²) in [6.45, 7) is 2.78. The first-order chi connectivity index (χ1) is 12.5. The lowest BCUT2D eigenvalue weighted by Crippen LogP contribution is -2.51. The molecule has 0 radical (unpaired) electrons. The standard InChI is InChI=1S/C17H18N4O5/c1-11(22)20-6-8-21(9-7-20)14(23)10-26-17(25)15-12-4-2-3-5-13(12)16(24)19-18-15/h2-5H,6-10H2,1H3,(H,19,24). The van der Waals surface area contributed by atoms with E-state index in [9.17, 15) is 19.2 Å². The van der Waals surface area contributed by atoms with Crippen LogP contribution in [-0.4, -0.2) is 70.6 Å². The Morgan fingerprint density at radius 3 is 2.35 bits per heavy atom. The quantitative estimate of drug-likeness (QED) is 0.759. The highest BCUT2D eigenvalue weighted by atomic mass is 16.5. The molecule has 0 saturated carbocycles. The molecular formula is C17H18N4O5. The van der Waals surface area contributed by atoms with Crippen molar-refractivity contribution in [2.24, 2.45) is 0 Å². The average molecular weight is 358 g/mol. The molecule has 1 aromatic heterocycles. The van der Waals surface area contributed by atoms with E-state index < -0.39 is 18.1 Å². The highest BCUT2D eigenvalue weighted by Gasteiger charge is 2.24. The summed E-state index contributed by atoms with van der Waals surface area (Å²) in [4.78, 5) is 50.7. The van der Waals surface area contributed by atoms with E-state index >= 15 is 0 Å². The largest absolute Gasteiger partial charge is 0.451 e. The number of fused-ring (bicyclic) bond motifs is 1. The van der Waals surface area contributed by atoms with E-state index in [1.54, 1.807) is 34.1 Å². The number of ether oxygens (including phenoxy) is 1. The topological polar surface area (TPSA) is 113 Å². The minimum absolute atomic E-state index is 0.0282. The molecule has 0 atom stereocenters. The number of benzene rings is 1. The van der Waals surface area contributed by atoms with Gasteiger partial charge in [0.1, 0.15) is 0 Å². The Bertz CT molecular complexity index is 915. The Morgan fingerprint density at radius 1 is 1.08 bits per heavy atom. The van der Waals surface area contributed by atoms with Gasteiger partial charge < -0.3 is 14.5 Å². The summed E-state index contributed by atoms with van der Waals surface area (Å²) in [5.74, 6) is -1.15. The van der Waals surface area contributed by atoms with Crippen molar-refractivity contribution in [3.63, 3.8) is 0 Å². The van der Waals surface area contributed by atoms with E-state index in [1.807, 2.05) is 0 Å². The van der Waals surface area contributed by atoms with E-state index in [2.05, 4.69) is 10.2 Å². The summed E-state index contributed by atoms with van der Waals surface area (Å²) < 4.78 is 5.07. The van der Waals surface area contributed by atoms with Crippen LogP contribution in [0.15, 0.2) is 29.1 Å². The molecule has 0 bridgehead atoms. The first kappa shape index (κ1) is 17.6. The predicted octanol–water partition coefficient (Wildman–Crippen LogP) is -0.229. The maximum atomic E-state index is 12.3. The van der Waals surface area contributed by atoms with Crippen molar-refractivity contribution >= 4 is 28.6 Å². The van der Waals surface area contributed by atoms with Gasteiger partial charge in [0.25, 0.3) is 11.5 Å². The number of aromatic amines is 1. The number of nitrogens with zero attached hydrogens (tertiary/aromatic N) is 3. The second-order valence-corrected chi connectivity index (χ2v) is 5.91. The molecule has 1 aromatic carbocycles. The van der Waals surface area contributed by atoms with Crippen LogP contribution in [0, 0.1) is 0 Å². The van der Waals surface area contributed by atoms with Gasteiger partial charge in [0.15, 0.2) is 12.3 Å². The van der Waals surface area contributed by atoms with E-state index in [4.69, 9.17) is 4.74 Å². The van der Waals surface area contributed by atoms with Crippen molar-refractivity contribution in [1.29, 1.82) is 0 Å². The number of hydrogen-bond acceptors (Lipinski definition) is 6. The molecule has 0 spiro atoms.